The Morgan fingerprint density at radius 1 is 1.30 bits per heavy atom. The van der Waals surface area contributed by atoms with Crippen LogP contribution in [0.5, 0.6) is 5.75 Å². The molecule has 0 heterocycles. The summed E-state index contributed by atoms with van der Waals surface area (Å²) in [5.74, 6) is 0.340. The molecule has 0 aliphatic rings. The lowest BCUT2D eigenvalue weighted by Gasteiger charge is -2.15. The molecule has 0 aliphatic carbocycles. The number of hydrogen-bond donors (Lipinski definition) is 2. The summed E-state index contributed by atoms with van der Waals surface area (Å²) in [4.78, 5) is 0. The third-order valence-corrected chi connectivity index (χ3v) is 3.21. The Morgan fingerprint density at radius 3 is 2.75 bits per heavy atom. The topological polar surface area (TPSA) is 41.5 Å². The van der Waals surface area contributed by atoms with Gasteiger partial charge in [0.15, 0.2) is 0 Å². The van der Waals surface area contributed by atoms with Gasteiger partial charge in [-0.3, -0.25) is 0 Å². The standard InChI is InChI=1S/C16H26FNO2/c1-3-9-18-13(2)15-8-7-14(12-16(15)17)20-11-6-4-5-10-19/h7-8,12-13,18-19H,3-6,9-11H2,1-2H3. The minimum absolute atomic E-state index is 0.00792. The fourth-order valence-electron chi connectivity index (χ4n) is 2.00. The van der Waals surface area contributed by atoms with Crippen LogP contribution in [0.3, 0.4) is 0 Å². The van der Waals surface area contributed by atoms with Gasteiger partial charge in [0.1, 0.15) is 11.6 Å². The number of aliphatic hydroxyl groups is 1. The van der Waals surface area contributed by atoms with Gasteiger partial charge in [0.2, 0.25) is 0 Å². The summed E-state index contributed by atoms with van der Waals surface area (Å²) < 4.78 is 19.5. The summed E-state index contributed by atoms with van der Waals surface area (Å²) in [5.41, 5.74) is 0.672. The van der Waals surface area contributed by atoms with Crippen molar-refractivity contribution in [3.63, 3.8) is 0 Å². The van der Waals surface area contributed by atoms with Gasteiger partial charge < -0.3 is 15.2 Å². The van der Waals surface area contributed by atoms with Crippen LogP contribution in [-0.2, 0) is 0 Å². The first-order chi connectivity index (χ1) is 9.69. The lowest BCUT2D eigenvalue weighted by Crippen LogP contribution is -2.20. The number of rotatable bonds is 10. The molecule has 4 heteroatoms. The maximum absolute atomic E-state index is 14.0. The highest BCUT2D eigenvalue weighted by Crippen LogP contribution is 2.22. The van der Waals surface area contributed by atoms with Gasteiger partial charge >= 0.3 is 0 Å². The van der Waals surface area contributed by atoms with Crippen molar-refractivity contribution < 1.29 is 14.2 Å². The highest BCUT2D eigenvalue weighted by atomic mass is 19.1. The zero-order valence-electron chi connectivity index (χ0n) is 12.5. The van der Waals surface area contributed by atoms with Crippen molar-refractivity contribution in [2.45, 2.75) is 45.6 Å². The third-order valence-electron chi connectivity index (χ3n) is 3.21. The molecule has 0 aliphatic heterocycles. The summed E-state index contributed by atoms with van der Waals surface area (Å²) in [6.45, 7) is 5.70. The summed E-state index contributed by atoms with van der Waals surface area (Å²) in [6, 6.07) is 5.06. The van der Waals surface area contributed by atoms with Gasteiger partial charge in [-0.05, 0) is 45.2 Å². The Labute approximate surface area is 121 Å². The second-order valence-corrected chi connectivity index (χ2v) is 4.99. The lowest BCUT2D eigenvalue weighted by atomic mass is 10.1. The first-order valence-corrected chi connectivity index (χ1v) is 7.45. The van der Waals surface area contributed by atoms with Crippen LogP contribution in [0.25, 0.3) is 0 Å². The number of nitrogens with one attached hydrogen (secondary N) is 1. The fourth-order valence-corrected chi connectivity index (χ4v) is 2.00. The Kier molecular flexibility index (Phi) is 8.23. The molecule has 2 N–H and O–H groups in total. The van der Waals surface area contributed by atoms with Crippen LogP contribution in [0.15, 0.2) is 18.2 Å². The lowest BCUT2D eigenvalue weighted by molar-refractivity contribution is 0.265. The Hall–Kier alpha value is -1.13. The molecule has 1 rings (SSSR count). The number of hydrogen-bond acceptors (Lipinski definition) is 3. The highest BCUT2D eigenvalue weighted by Gasteiger charge is 2.11. The first kappa shape index (κ1) is 16.9. The molecule has 0 spiro atoms. The molecular formula is C16H26FNO2. The second kappa shape index (κ2) is 9.72. The van der Waals surface area contributed by atoms with Crippen LogP contribution in [-0.4, -0.2) is 24.9 Å². The maximum Gasteiger partial charge on any atom is 0.131 e. The predicted molar refractivity (Wildman–Crippen MR) is 79.5 cm³/mol. The van der Waals surface area contributed by atoms with Crippen molar-refractivity contribution in [3.8, 4) is 5.75 Å². The fraction of sp³-hybridized carbons (Fsp3) is 0.625. The minimum Gasteiger partial charge on any atom is -0.493 e. The molecule has 0 fully saturated rings. The second-order valence-electron chi connectivity index (χ2n) is 4.99. The number of ether oxygens (including phenoxy) is 1. The minimum atomic E-state index is -0.228. The van der Waals surface area contributed by atoms with Crippen molar-refractivity contribution in [2.24, 2.45) is 0 Å². The molecule has 0 bridgehead atoms. The average Bonchev–Trinajstić information content (AvgIpc) is 2.44. The van der Waals surface area contributed by atoms with E-state index in [-0.39, 0.29) is 18.5 Å². The first-order valence-electron chi connectivity index (χ1n) is 7.45. The van der Waals surface area contributed by atoms with Crippen molar-refractivity contribution in [3.05, 3.63) is 29.6 Å². The van der Waals surface area contributed by atoms with Crippen molar-refractivity contribution in [1.29, 1.82) is 0 Å². The van der Waals surface area contributed by atoms with Gasteiger partial charge in [-0.25, -0.2) is 4.39 Å². The molecule has 0 saturated carbocycles. The van der Waals surface area contributed by atoms with Crippen LogP contribution < -0.4 is 10.1 Å². The molecule has 1 unspecified atom stereocenters. The molecule has 0 saturated heterocycles. The molecule has 3 nitrogen and oxygen atoms in total. The van der Waals surface area contributed by atoms with Crippen molar-refractivity contribution in [1.82, 2.24) is 5.32 Å². The predicted octanol–water partition coefficient (Wildman–Crippen LogP) is 3.43. The summed E-state index contributed by atoms with van der Waals surface area (Å²) in [5, 5.41) is 11.9. The van der Waals surface area contributed by atoms with Crippen LogP contribution in [0, 0.1) is 5.82 Å². The monoisotopic (exact) mass is 283 g/mol. The molecule has 0 radical (unpaired) electrons. The molecule has 1 atom stereocenters. The SMILES string of the molecule is CCCNC(C)c1ccc(OCCCCCO)cc1F. The van der Waals surface area contributed by atoms with E-state index in [1.807, 2.05) is 13.0 Å². The molecule has 0 aromatic heterocycles. The van der Waals surface area contributed by atoms with E-state index < -0.39 is 0 Å². The summed E-state index contributed by atoms with van der Waals surface area (Å²) >= 11 is 0. The number of halogens is 1. The van der Waals surface area contributed by atoms with Crippen LogP contribution in [0.2, 0.25) is 0 Å². The molecule has 114 valence electrons. The van der Waals surface area contributed by atoms with Gasteiger partial charge in [-0.15, -0.1) is 0 Å². The highest BCUT2D eigenvalue weighted by molar-refractivity contribution is 5.30. The van der Waals surface area contributed by atoms with E-state index in [0.29, 0.717) is 17.9 Å². The van der Waals surface area contributed by atoms with Gasteiger partial charge in [-0.2, -0.15) is 0 Å². The normalized spacial score (nSPS) is 12.4. The van der Waals surface area contributed by atoms with E-state index in [1.54, 1.807) is 6.07 Å². The molecule has 1 aromatic carbocycles. The van der Waals surface area contributed by atoms with E-state index in [1.165, 1.54) is 6.07 Å². The summed E-state index contributed by atoms with van der Waals surface area (Å²) in [7, 11) is 0. The Bertz CT molecular complexity index is 385. The van der Waals surface area contributed by atoms with Crippen molar-refractivity contribution in [2.75, 3.05) is 19.8 Å². The van der Waals surface area contributed by atoms with E-state index in [9.17, 15) is 4.39 Å². The van der Waals surface area contributed by atoms with E-state index in [0.717, 1.165) is 32.2 Å². The maximum atomic E-state index is 14.0. The summed E-state index contributed by atoms with van der Waals surface area (Å²) in [6.07, 6.45) is 3.62. The average molecular weight is 283 g/mol. The molecule has 0 amide bonds. The zero-order chi connectivity index (χ0) is 14.8. The smallest absolute Gasteiger partial charge is 0.131 e. The van der Waals surface area contributed by atoms with Crippen LogP contribution in [0.1, 0.15) is 51.1 Å². The van der Waals surface area contributed by atoms with Gasteiger partial charge in [0, 0.05) is 24.3 Å². The number of aliphatic hydroxyl groups excluding tert-OH is 1. The van der Waals surface area contributed by atoms with E-state index >= 15 is 0 Å². The number of unbranched alkanes of at least 4 members (excludes halogenated alkanes) is 2. The van der Waals surface area contributed by atoms with Gasteiger partial charge in [0.25, 0.3) is 0 Å². The van der Waals surface area contributed by atoms with Crippen LogP contribution >= 0.6 is 0 Å². The van der Waals surface area contributed by atoms with E-state index in [4.69, 9.17) is 9.84 Å². The van der Waals surface area contributed by atoms with Gasteiger partial charge in [0.05, 0.1) is 6.61 Å². The number of benzene rings is 1. The quantitative estimate of drug-likeness (QED) is 0.646. The Balaban J connectivity index is 2.46. The van der Waals surface area contributed by atoms with E-state index in [2.05, 4.69) is 12.2 Å². The third kappa shape index (κ3) is 5.88. The zero-order valence-corrected chi connectivity index (χ0v) is 12.5. The Morgan fingerprint density at radius 2 is 2.10 bits per heavy atom. The van der Waals surface area contributed by atoms with Gasteiger partial charge in [-0.1, -0.05) is 13.0 Å². The molecule has 1 aromatic rings. The molecule has 20 heavy (non-hydrogen) atoms. The van der Waals surface area contributed by atoms with Crippen molar-refractivity contribution >= 4 is 0 Å². The van der Waals surface area contributed by atoms with Crippen LogP contribution in [0.4, 0.5) is 4.39 Å². The molecular weight excluding hydrogens is 257 g/mol. The largest absolute Gasteiger partial charge is 0.493 e.